The highest BCUT2D eigenvalue weighted by Gasteiger charge is 2.13. The summed E-state index contributed by atoms with van der Waals surface area (Å²) in [5.41, 5.74) is 6.35. The van der Waals surface area contributed by atoms with Crippen molar-refractivity contribution in [3.8, 4) is 0 Å². The van der Waals surface area contributed by atoms with Crippen LogP contribution in [-0.4, -0.2) is 19.0 Å². The van der Waals surface area contributed by atoms with Crippen molar-refractivity contribution in [3.63, 3.8) is 0 Å². The summed E-state index contributed by atoms with van der Waals surface area (Å²) in [7, 11) is 1.72. The maximum absolute atomic E-state index is 11.4. The van der Waals surface area contributed by atoms with Crippen LogP contribution in [0, 0.1) is 0 Å². The molecule has 0 aliphatic carbocycles. The monoisotopic (exact) mass is 178 g/mol. The van der Waals surface area contributed by atoms with Gasteiger partial charge in [0.1, 0.15) is 0 Å². The van der Waals surface area contributed by atoms with Crippen LogP contribution in [-0.2, 0) is 4.79 Å². The summed E-state index contributed by atoms with van der Waals surface area (Å²) >= 11 is 0. The maximum atomic E-state index is 11.4. The van der Waals surface area contributed by atoms with E-state index in [-0.39, 0.29) is 5.91 Å². The molecule has 0 saturated carbocycles. The highest BCUT2D eigenvalue weighted by molar-refractivity contribution is 5.96. The van der Waals surface area contributed by atoms with E-state index in [0.717, 1.165) is 5.69 Å². The molecule has 2 N–H and O–H groups in total. The van der Waals surface area contributed by atoms with Crippen LogP contribution >= 0.6 is 0 Å². The molecule has 0 spiro atoms. The molecule has 0 saturated heterocycles. The number of amides is 1. The lowest BCUT2D eigenvalue weighted by Crippen LogP contribution is -2.39. The number of carbonyl (C=O) groups is 1. The molecule has 0 aliphatic heterocycles. The summed E-state index contributed by atoms with van der Waals surface area (Å²) in [4.78, 5) is 13.0. The first kappa shape index (κ1) is 9.74. The number of likely N-dealkylation sites (N-methyl/N-ethyl adjacent to an activating group) is 1. The molecular weight excluding hydrogens is 164 g/mol. The number of anilines is 1. The Bertz CT molecular complexity index is 282. The van der Waals surface area contributed by atoms with Crippen molar-refractivity contribution >= 4 is 11.6 Å². The van der Waals surface area contributed by atoms with Crippen LogP contribution in [0.25, 0.3) is 0 Å². The molecule has 0 fully saturated rings. The molecule has 3 heteroatoms. The van der Waals surface area contributed by atoms with Crippen molar-refractivity contribution in [1.82, 2.24) is 0 Å². The van der Waals surface area contributed by atoms with Crippen molar-refractivity contribution in [3.05, 3.63) is 30.3 Å². The predicted octanol–water partition coefficient (Wildman–Crippen LogP) is 0.997. The number of para-hydroxylation sites is 1. The Labute approximate surface area is 78.2 Å². The average Bonchev–Trinajstić information content (AvgIpc) is 2.17. The van der Waals surface area contributed by atoms with Crippen LogP contribution in [0.4, 0.5) is 5.69 Å². The quantitative estimate of drug-likeness (QED) is 0.734. The first-order valence-corrected chi connectivity index (χ1v) is 4.21. The minimum Gasteiger partial charge on any atom is -0.320 e. The van der Waals surface area contributed by atoms with Crippen LogP contribution in [0.2, 0.25) is 0 Å². The zero-order chi connectivity index (χ0) is 9.84. The van der Waals surface area contributed by atoms with Gasteiger partial charge in [0.15, 0.2) is 0 Å². The first-order valence-electron chi connectivity index (χ1n) is 4.21. The summed E-state index contributed by atoms with van der Waals surface area (Å²) in [5, 5.41) is 0. The van der Waals surface area contributed by atoms with Gasteiger partial charge in [0.25, 0.3) is 0 Å². The summed E-state index contributed by atoms with van der Waals surface area (Å²) in [6, 6.07) is 8.99. The Morgan fingerprint density at radius 2 is 1.92 bits per heavy atom. The third-order valence-electron chi connectivity index (χ3n) is 1.86. The van der Waals surface area contributed by atoms with E-state index in [2.05, 4.69) is 0 Å². The van der Waals surface area contributed by atoms with Gasteiger partial charge in [-0.25, -0.2) is 0 Å². The molecule has 1 aromatic rings. The molecule has 0 heterocycles. The normalized spacial score (nSPS) is 12.2. The van der Waals surface area contributed by atoms with Crippen molar-refractivity contribution in [2.24, 2.45) is 5.73 Å². The zero-order valence-corrected chi connectivity index (χ0v) is 7.90. The lowest BCUT2D eigenvalue weighted by Gasteiger charge is -2.18. The van der Waals surface area contributed by atoms with Gasteiger partial charge >= 0.3 is 0 Å². The Hall–Kier alpha value is -1.35. The molecule has 0 aliphatic rings. The summed E-state index contributed by atoms with van der Waals surface area (Å²) in [5.74, 6) is -0.0776. The second-order valence-corrected chi connectivity index (χ2v) is 3.02. The number of benzene rings is 1. The molecule has 1 atom stereocenters. The van der Waals surface area contributed by atoms with Crippen LogP contribution in [0.15, 0.2) is 30.3 Å². The van der Waals surface area contributed by atoms with E-state index < -0.39 is 6.04 Å². The van der Waals surface area contributed by atoms with Crippen LogP contribution in [0.3, 0.4) is 0 Å². The highest BCUT2D eigenvalue weighted by atomic mass is 16.2. The van der Waals surface area contributed by atoms with Crippen molar-refractivity contribution in [1.29, 1.82) is 0 Å². The molecule has 1 rings (SSSR count). The SMILES string of the molecule is C[C@H](N)C(=O)N(C)c1ccccc1. The molecule has 1 amide bonds. The van der Waals surface area contributed by atoms with E-state index >= 15 is 0 Å². The predicted molar refractivity (Wildman–Crippen MR) is 53.5 cm³/mol. The van der Waals surface area contributed by atoms with E-state index in [1.165, 1.54) is 0 Å². The number of hydrogen-bond donors (Lipinski definition) is 1. The van der Waals surface area contributed by atoms with Gasteiger partial charge < -0.3 is 10.6 Å². The fourth-order valence-corrected chi connectivity index (χ4v) is 1.08. The third kappa shape index (κ3) is 2.29. The van der Waals surface area contributed by atoms with Gasteiger partial charge in [-0.2, -0.15) is 0 Å². The highest BCUT2D eigenvalue weighted by Crippen LogP contribution is 2.11. The molecular formula is C10H14N2O. The molecule has 0 unspecified atom stereocenters. The van der Waals surface area contributed by atoms with Crippen LogP contribution in [0.5, 0.6) is 0 Å². The summed E-state index contributed by atoms with van der Waals surface area (Å²) in [6.07, 6.45) is 0. The summed E-state index contributed by atoms with van der Waals surface area (Å²) in [6.45, 7) is 1.68. The Balaban J connectivity index is 2.80. The lowest BCUT2D eigenvalue weighted by molar-refractivity contribution is -0.119. The van der Waals surface area contributed by atoms with Gasteiger partial charge in [0.2, 0.25) is 5.91 Å². The molecule has 0 radical (unpaired) electrons. The number of nitrogens with zero attached hydrogens (tertiary/aromatic N) is 1. The van der Waals surface area contributed by atoms with Crippen molar-refractivity contribution < 1.29 is 4.79 Å². The average molecular weight is 178 g/mol. The van der Waals surface area contributed by atoms with Gasteiger partial charge in [-0.3, -0.25) is 4.79 Å². The number of hydrogen-bond acceptors (Lipinski definition) is 2. The largest absolute Gasteiger partial charge is 0.320 e. The minimum atomic E-state index is -0.454. The molecule has 0 bridgehead atoms. The first-order chi connectivity index (χ1) is 6.13. The van der Waals surface area contributed by atoms with Gasteiger partial charge in [-0.05, 0) is 19.1 Å². The third-order valence-corrected chi connectivity index (χ3v) is 1.86. The second-order valence-electron chi connectivity index (χ2n) is 3.02. The molecule has 3 nitrogen and oxygen atoms in total. The van der Waals surface area contributed by atoms with Gasteiger partial charge in [0.05, 0.1) is 6.04 Å². The smallest absolute Gasteiger partial charge is 0.243 e. The number of nitrogens with two attached hydrogens (primary N) is 1. The zero-order valence-electron chi connectivity index (χ0n) is 7.90. The Morgan fingerprint density at radius 3 is 2.38 bits per heavy atom. The van der Waals surface area contributed by atoms with Gasteiger partial charge in [-0.1, -0.05) is 18.2 Å². The Morgan fingerprint density at radius 1 is 1.38 bits per heavy atom. The van der Waals surface area contributed by atoms with Crippen molar-refractivity contribution in [2.45, 2.75) is 13.0 Å². The molecule has 1 aromatic carbocycles. The van der Waals surface area contributed by atoms with Crippen LogP contribution < -0.4 is 10.6 Å². The number of rotatable bonds is 2. The van der Waals surface area contributed by atoms with Crippen LogP contribution in [0.1, 0.15) is 6.92 Å². The summed E-state index contributed by atoms with van der Waals surface area (Å²) < 4.78 is 0. The van der Waals surface area contributed by atoms with Crippen molar-refractivity contribution in [2.75, 3.05) is 11.9 Å². The fraction of sp³-hybridized carbons (Fsp3) is 0.300. The second kappa shape index (κ2) is 4.05. The van der Waals surface area contributed by atoms with E-state index in [1.807, 2.05) is 30.3 Å². The Kier molecular flexibility index (Phi) is 3.03. The fourth-order valence-electron chi connectivity index (χ4n) is 1.08. The minimum absolute atomic E-state index is 0.0776. The topological polar surface area (TPSA) is 46.3 Å². The maximum Gasteiger partial charge on any atom is 0.243 e. The lowest BCUT2D eigenvalue weighted by atomic mass is 10.2. The van der Waals surface area contributed by atoms with E-state index in [9.17, 15) is 4.79 Å². The van der Waals surface area contributed by atoms with E-state index in [0.29, 0.717) is 0 Å². The number of carbonyl (C=O) groups excluding carboxylic acids is 1. The standard InChI is InChI=1S/C10H14N2O/c1-8(11)10(13)12(2)9-6-4-3-5-7-9/h3-8H,11H2,1-2H3/t8-/m0/s1. The van der Waals surface area contributed by atoms with Gasteiger partial charge in [-0.15, -0.1) is 0 Å². The molecule has 70 valence electrons. The van der Waals surface area contributed by atoms with E-state index in [4.69, 9.17) is 5.73 Å². The molecule has 0 aromatic heterocycles. The van der Waals surface area contributed by atoms with Gasteiger partial charge in [0, 0.05) is 12.7 Å². The van der Waals surface area contributed by atoms with E-state index in [1.54, 1.807) is 18.9 Å². The molecule has 13 heavy (non-hydrogen) atoms.